The monoisotopic (exact) mass is 261 g/mol. The fraction of sp³-hybridized carbons (Fsp3) is 0.467. The molecule has 0 saturated carbocycles. The van der Waals surface area contributed by atoms with Crippen molar-refractivity contribution in [3.05, 3.63) is 34.9 Å². The smallest absolute Gasteiger partial charge is 0.308 e. The number of aliphatic carboxylic acids is 1. The molecule has 1 heterocycles. The number of aryl methyl sites for hydroxylation is 1. The molecule has 2 unspecified atom stereocenters. The lowest BCUT2D eigenvalue weighted by Gasteiger charge is -2.18. The molecule has 1 fully saturated rings. The van der Waals surface area contributed by atoms with Gasteiger partial charge in [-0.2, -0.15) is 0 Å². The normalized spacial score (nSPS) is 22.6. The number of hydrogen-bond acceptors (Lipinski definition) is 2. The number of hydrogen-bond donors (Lipinski definition) is 1. The molecule has 1 N–H and O–H groups in total. The maximum absolute atomic E-state index is 12.5. The Balaban J connectivity index is 2.22. The van der Waals surface area contributed by atoms with Crippen molar-refractivity contribution >= 4 is 11.9 Å². The van der Waals surface area contributed by atoms with Crippen molar-refractivity contribution in [2.24, 2.45) is 11.8 Å². The van der Waals surface area contributed by atoms with E-state index in [4.69, 9.17) is 5.11 Å². The van der Waals surface area contributed by atoms with Crippen molar-refractivity contribution in [3.63, 3.8) is 0 Å². The highest BCUT2D eigenvalue weighted by Gasteiger charge is 2.37. The summed E-state index contributed by atoms with van der Waals surface area (Å²) in [4.78, 5) is 25.2. The third-order valence-corrected chi connectivity index (χ3v) is 4.05. The van der Waals surface area contributed by atoms with Crippen molar-refractivity contribution < 1.29 is 14.7 Å². The highest BCUT2D eigenvalue weighted by Crippen LogP contribution is 2.25. The van der Waals surface area contributed by atoms with Crippen molar-refractivity contribution in [1.29, 1.82) is 0 Å². The molecule has 0 bridgehead atoms. The van der Waals surface area contributed by atoms with Crippen LogP contribution in [0.25, 0.3) is 0 Å². The summed E-state index contributed by atoms with van der Waals surface area (Å²) in [5.41, 5.74) is 2.73. The molecular formula is C15H19NO3. The Hall–Kier alpha value is -1.84. The lowest BCUT2D eigenvalue weighted by atomic mass is 9.99. The van der Waals surface area contributed by atoms with E-state index in [0.29, 0.717) is 18.7 Å². The molecule has 0 radical (unpaired) electrons. The predicted molar refractivity (Wildman–Crippen MR) is 72.1 cm³/mol. The van der Waals surface area contributed by atoms with E-state index < -0.39 is 11.9 Å². The maximum atomic E-state index is 12.5. The number of likely N-dealkylation sites (tertiary alicyclic amines) is 1. The first kappa shape index (κ1) is 13.6. The van der Waals surface area contributed by atoms with Gasteiger partial charge >= 0.3 is 5.97 Å². The molecule has 0 spiro atoms. The first-order valence-corrected chi connectivity index (χ1v) is 6.50. The summed E-state index contributed by atoms with van der Waals surface area (Å²) in [6.45, 7) is 6.61. The zero-order valence-corrected chi connectivity index (χ0v) is 11.5. The Morgan fingerprint density at radius 3 is 2.53 bits per heavy atom. The second-order valence-electron chi connectivity index (χ2n) is 5.38. The van der Waals surface area contributed by atoms with Gasteiger partial charge in [0, 0.05) is 18.7 Å². The van der Waals surface area contributed by atoms with E-state index in [1.54, 1.807) is 4.90 Å². The average Bonchev–Trinajstić information content (AvgIpc) is 2.74. The Morgan fingerprint density at radius 1 is 1.26 bits per heavy atom. The van der Waals surface area contributed by atoms with E-state index in [1.807, 2.05) is 39.0 Å². The van der Waals surface area contributed by atoms with Crippen LogP contribution in [0, 0.1) is 25.7 Å². The minimum absolute atomic E-state index is 0.00608. The number of rotatable bonds is 2. The van der Waals surface area contributed by atoms with Crippen LogP contribution in [0.5, 0.6) is 0 Å². The topological polar surface area (TPSA) is 57.6 Å². The Kier molecular flexibility index (Phi) is 3.60. The van der Waals surface area contributed by atoms with Crippen LogP contribution in [0.2, 0.25) is 0 Å². The van der Waals surface area contributed by atoms with Gasteiger partial charge < -0.3 is 10.0 Å². The number of amides is 1. The molecule has 1 aromatic carbocycles. The summed E-state index contributed by atoms with van der Waals surface area (Å²) >= 11 is 0. The van der Waals surface area contributed by atoms with Gasteiger partial charge in [0.25, 0.3) is 5.91 Å². The van der Waals surface area contributed by atoms with E-state index in [1.165, 1.54) is 0 Å². The molecule has 2 atom stereocenters. The maximum Gasteiger partial charge on any atom is 0.308 e. The number of carbonyl (C=O) groups is 2. The van der Waals surface area contributed by atoms with Crippen LogP contribution >= 0.6 is 0 Å². The van der Waals surface area contributed by atoms with Gasteiger partial charge in [0.1, 0.15) is 0 Å². The van der Waals surface area contributed by atoms with E-state index in [2.05, 4.69) is 0 Å². The van der Waals surface area contributed by atoms with E-state index in [9.17, 15) is 9.59 Å². The Labute approximate surface area is 113 Å². The first-order valence-electron chi connectivity index (χ1n) is 6.50. The van der Waals surface area contributed by atoms with Crippen LogP contribution in [0.15, 0.2) is 18.2 Å². The lowest BCUT2D eigenvalue weighted by molar-refractivity contribution is -0.142. The van der Waals surface area contributed by atoms with Crippen LogP contribution in [-0.2, 0) is 4.79 Å². The molecule has 1 amide bonds. The molecule has 1 saturated heterocycles. The molecule has 19 heavy (non-hydrogen) atoms. The van der Waals surface area contributed by atoms with Crippen molar-refractivity contribution in [2.75, 3.05) is 13.1 Å². The quantitative estimate of drug-likeness (QED) is 0.887. The third kappa shape index (κ3) is 2.48. The second kappa shape index (κ2) is 5.03. The number of carboxylic acid groups (broad SMARTS) is 1. The highest BCUT2D eigenvalue weighted by atomic mass is 16.4. The predicted octanol–water partition coefficient (Wildman–Crippen LogP) is 2.10. The summed E-state index contributed by atoms with van der Waals surface area (Å²) in [5, 5.41) is 9.11. The molecule has 4 nitrogen and oxygen atoms in total. The summed E-state index contributed by atoms with van der Waals surface area (Å²) in [5.74, 6) is -1.32. The van der Waals surface area contributed by atoms with E-state index >= 15 is 0 Å². The largest absolute Gasteiger partial charge is 0.481 e. The summed E-state index contributed by atoms with van der Waals surface area (Å²) < 4.78 is 0. The van der Waals surface area contributed by atoms with Gasteiger partial charge in [-0.25, -0.2) is 0 Å². The second-order valence-corrected chi connectivity index (χ2v) is 5.38. The molecule has 1 aliphatic rings. The molecule has 102 valence electrons. The number of nitrogens with zero attached hydrogens (tertiary/aromatic N) is 1. The van der Waals surface area contributed by atoms with Crippen LogP contribution in [-0.4, -0.2) is 35.0 Å². The van der Waals surface area contributed by atoms with Gasteiger partial charge in [-0.05, 0) is 37.0 Å². The summed E-state index contributed by atoms with van der Waals surface area (Å²) in [6, 6.07) is 5.64. The molecule has 0 aliphatic carbocycles. The van der Waals surface area contributed by atoms with Gasteiger partial charge in [-0.3, -0.25) is 9.59 Å². The van der Waals surface area contributed by atoms with E-state index in [0.717, 1.165) is 11.1 Å². The van der Waals surface area contributed by atoms with Crippen LogP contribution in [0.1, 0.15) is 28.4 Å². The fourth-order valence-electron chi connectivity index (χ4n) is 2.61. The van der Waals surface area contributed by atoms with E-state index in [-0.39, 0.29) is 11.8 Å². The molecule has 4 heteroatoms. The zero-order chi connectivity index (χ0) is 14.2. The highest BCUT2D eigenvalue weighted by molar-refractivity contribution is 5.96. The van der Waals surface area contributed by atoms with Crippen molar-refractivity contribution in [3.8, 4) is 0 Å². The molecule has 1 aromatic rings. The number of benzene rings is 1. The van der Waals surface area contributed by atoms with Gasteiger partial charge in [-0.15, -0.1) is 0 Å². The molecule has 1 aliphatic heterocycles. The minimum Gasteiger partial charge on any atom is -0.481 e. The number of carboxylic acids is 1. The Morgan fingerprint density at radius 2 is 1.95 bits per heavy atom. The van der Waals surface area contributed by atoms with Crippen LogP contribution < -0.4 is 0 Å². The van der Waals surface area contributed by atoms with Crippen molar-refractivity contribution in [2.45, 2.75) is 20.8 Å². The zero-order valence-electron chi connectivity index (χ0n) is 11.5. The first-order chi connectivity index (χ1) is 8.91. The van der Waals surface area contributed by atoms with Crippen LogP contribution in [0.3, 0.4) is 0 Å². The minimum atomic E-state index is -0.816. The average molecular weight is 261 g/mol. The van der Waals surface area contributed by atoms with Gasteiger partial charge in [0.15, 0.2) is 0 Å². The van der Waals surface area contributed by atoms with Gasteiger partial charge in [0.2, 0.25) is 0 Å². The van der Waals surface area contributed by atoms with Gasteiger partial charge in [0.05, 0.1) is 5.92 Å². The number of carbonyl (C=O) groups excluding carboxylic acids is 1. The lowest BCUT2D eigenvalue weighted by Crippen LogP contribution is -2.30. The Bertz CT molecular complexity index is 524. The summed E-state index contributed by atoms with van der Waals surface area (Å²) in [7, 11) is 0. The fourth-order valence-corrected chi connectivity index (χ4v) is 2.61. The third-order valence-electron chi connectivity index (χ3n) is 4.05. The van der Waals surface area contributed by atoms with Crippen molar-refractivity contribution in [1.82, 2.24) is 4.90 Å². The standard InChI is InChI=1S/C15H19NO3/c1-9-5-4-6-12(11(9)3)14(17)16-7-10(2)13(8-16)15(18)19/h4-6,10,13H,7-8H2,1-3H3,(H,18,19). The SMILES string of the molecule is Cc1cccc(C(=O)N2CC(C)C(C(=O)O)C2)c1C. The van der Waals surface area contributed by atoms with Crippen LogP contribution in [0.4, 0.5) is 0 Å². The summed E-state index contributed by atoms with van der Waals surface area (Å²) in [6.07, 6.45) is 0. The van der Waals surface area contributed by atoms with Gasteiger partial charge in [-0.1, -0.05) is 19.1 Å². The molecular weight excluding hydrogens is 242 g/mol. The molecule has 0 aromatic heterocycles. The molecule has 2 rings (SSSR count).